The van der Waals surface area contributed by atoms with Crippen molar-refractivity contribution in [3.63, 3.8) is 0 Å². The van der Waals surface area contributed by atoms with E-state index in [0.717, 1.165) is 19.0 Å². The predicted octanol–water partition coefficient (Wildman–Crippen LogP) is 2.37. The Morgan fingerprint density at radius 1 is 1.31 bits per heavy atom. The minimum atomic E-state index is -0.217. The minimum Gasteiger partial charge on any atom is -0.377 e. The van der Waals surface area contributed by atoms with Crippen molar-refractivity contribution in [1.82, 2.24) is 15.5 Å². The normalized spacial score (nSPS) is 29.6. The smallest absolute Gasteiger partial charge is 0.240 e. The van der Waals surface area contributed by atoms with Crippen LogP contribution >= 0.6 is 24.0 Å². The highest BCUT2D eigenvalue weighted by molar-refractivity contribution is 14.0. The number of carbonyl (C=O) groups excluding carboxylic acids is 1. The van der Waals surface area contributed by atoms with Crippen LogP contribution in [0.15, 0.2) is 4.99 Å². The highest BCUT2D eigenvalue weighted by atomic mass is 127. The summed E-state index contributed by atoms with van der Waals surface area (Å²) in [6, 6.07) is 0.425. The fourth-order valence-corrected chi connectivity index (χ4v) is 5.14. The summed E-state index contributed by atoms with van der Waals surface area (Å²) in [5.74, 6) is 1.42. The molecule has 1 saturated heterocycles. The number of rotatable bonds is 3. The topological polar surface area (TPSA) is 66.0 Å². The third-order valence-corrected chi connectivity index (χ3v) is 6.04. The van der Waals surface area contributed by atoms with Crippen molar-refractivity contribution in [3.05, 3.63) is 0 Å². The van der Waals surface area contributed by atoms with E-state index in [-0.39, 0.29) is 40.8 Å². The summed E-state index contributed by atoms with van der Waals surface area (Å²) in [5, 5.41) is 6.70. The summed E-state index contributed by atoms with van der Waals surface area (Å²) in [6.07, 6.45) is 6.66. The molecule has 0 aromatic heterocycles. The van der Waals surface area contributed by atoms with E-state index in [1.807, 2.05) is 32.7 Å². The fourth-order valence-electron chi connectivity index (χ4n) is 5.14. The zero-order valence-corrected chi connectivity index (χ0v) is 19.1. The number of nitrogens with one attached hydrogen (secondary N) is 2. The number of guanidine groups is 1. The molecule has 2 aliphatic carbocycles. The molecule has 1 aliphatic heterocycles. The van der Waals surface area contributed by atoms with Crippen LogP contribution < -0.4 is 10.6 Å². The summed E-state index contributed by atoms with van der Waals surface area (Å²) in [6.45, 7) is 7.18. The summed E-state index contributed by atoms with van der Waals surface area (Å²) in [7, 11) is 3.73. The number of ether oxygens (including phenoxy) is 1. The summed E-state index contributed by atoms with van der Waals surface area (Å²) in [4.78, 5) is 18.6. The molecule has 1 amide bonds. The second kappa shape index (κ2) is 8.20. The molecule has 7 heteroatoms. The minimum absolute atomic E-state index is 0. The van der Waals surface area contributed by atoms with Crippen molar-refractivity contribution in [3.8, 4) is 0 Å². The molecule has 6 nitrogen and oxygen atoms in total. The van der Waals surface area contributed by atoms with Crippen LogP contribution in [0.25, 0.3) is 0 Å². The molecule has 0 bridgehead atoms. The van der Waals surface area contributed by atoms with E-state index in [1.165, 1.54) is 25.7 Å². The van der Waals surface area contributed by atoms with Crippen molar-refractivity contribution < 1.29 is 9.53 Å². The van der Waals surface area contributed by atoms with Crippen LogP contribution in [0.5, 0.6) is 0 Å². The van der Waals surface area contributed by atoms with Crippen LogP contribution in [0.1, 0.15) is 52.9 Å². The Bertz CT molecular complexity index is 540. The van der Waals surface area contributed by atoms with E-state index < -0.39 is 0 Å². The zero-order valence-electron chi connectivity index (χ0n) is 16.8. The van der Waals surface area contributed by atoms with Gasteiger partial charge in [-0.15, -0.1) is 24.0 Å². The van der Waals surface area contributed by atoms with Gasteiger partial charge in [-0.05, 0) is 40.0 Å². The molecule has 3 aliphatic rings. The average molecular weight is 478 g/mol. The van der Waals surface area contributed by atoms with E-state index in [1.54, 1.807) is 7.05 Å². The number of halogens is 1. The summed E-state index contributed by atoms with van der Waals surface area (Å²) in [5.41, 5.74) is 0.0662. The maximum Gasteiger partial charge on any atom is 0.240 e. The number of amides is 1. The van der Waals surface area contributed by atoms with E-state index in [0.29, 0.717) is 24.6 Å². The van der Waals surface area contributed by atoms with Gasteiger partial charge in [0.25, 0.3) is 0 Å². The van der Waals surface area contributed by atoms with Gasteiger partial charge < -0.3 is 20.3 Å². The summed E-state index contributed by atoms with van der Waals surface area (Å²) >= 11 is 0. The number of aliphatic imine (C=N–C) groups is 1. The molecular weight excluding hydrogens is 443 g/mol. The number of carbonyl (C=O) groups is 1. The number of likely N-dealkylation sites (N-methyl/N-ethyl adjacent to an activating group) is 1. The number of nitrogens with zero attached hydrogens (tertiary/aromatic N) is 2. The van der Waals surface area contributed by atoms with E-state index in [4.69, 9.17) is 4.74 Å². The first-order valence-corrected chi connectivity index (χ1v) is 9.64. The Hall–Kier alpha value is -0.570. The van der Waals surface area contributed by atoms with Crippen LogP contribution in [-0.4, -0.2) is 61.7 Å². The van der Waals surface area contributed by atoms with Gasteiger partial charge >= 0.3 is 0 Å². The largest absolute Gasteiger partial charge is 0.377 e. The molecule has 150 valence electrons. The lowest BCUT2D eigenvalue weighted by atomic mass is 9.54. The highest BCUT2D eigenvalue weighted by Crippen LogP contribution is 2.60. The molecule has 0 aromatic carbocycles. The molecule has 2 saturated carbocycles. The first-order chi connectivity index (χ1) is 11.8. The molecular formula is C19H35IN4O2. The van der Waals surface area contributed by atoms with E-state index in [9.17, 15) is 4.79 Å². The SMILES string of the molecule is CN=C(NC1C2CCOC2C12CCCC2)N(C)CC(=O)NC(C)(C)C.I. The Balaban J connectivity index is 0.00000243. The second-order valence-electron chi connectivity index (χ2n) is 9.01. The molecule has 3 rings (SSSR count). The van der Waals surface area contributed by atoms with Crippen LogP contribution in [-0.2, 0) is 9.53 Å². The average Bonchev–Trinajstić information content (AvgIpc) is 3.13. The number of hydrogen-bond donors (Lipinski definition) is 2. The number of fused-ring (bicyclic) bond motifs is 2. The van der Waals surface area contributed by atoms with Crippen molar-refractivity contribution in [2.75, 3.05) is 27.2 Å². The predicted molar refractivity (Wildman–Crippen MR) is 115 cm³/mol. The molecule has 0 radical (unpaired) electrons. The van der Waals surface area contributed by atoms with Crippen LogP contribution in [0, 0.1) is 11.3 Å². The Morgan fingerprint density at radius 2 is 1.96 bits per heavy atom. The Kier molecular flexibility index (Phi) is 6.86. The van der Waals surface area contributed by atoms with Crippen LogP contribution in [0.2, 0.25) is 0 Å². The maximum atomic E-state index is 12.2. The standard InChI is InChI=1S/C19H34N4O2.HI/c1-18(2,3)22-14(24)12-23(5)17(20-4)21-15-13-8-11-25-16(13)19(15)9-6-7-10-19;/h13,15-16H,6-12H2,1-5H3,(H,20,21)(H,22,24);1H. The summed E-state index contributed by atoms with van der Waals surface area (Å²) < 4.78 is 6.06. The first-order valence-electron chi connectivity index (χ1n) is 9.64. The van der Waals surface area contributed by atoms with Gasteiger partial charge in [0.15, 0.2) is 5.96 Å². The van der Waals surface area contributed by atoms with Gasteiger partial charge in [-0.25, -0.2) is 0 Å². The van der Waals surface area contributed by atoms with Crippen LogP contribution in [0.4, 0.5) is 0 Å². The number of hydrogen-bond acceptors (Lipinski definition) is 3. The molecule has 26 heavy (non-hydrogen) atoms. The van der Waals surface area contributed by atoms with Gasteiger partial charge in [-0.2, -0.15) is 0 Å². The van der Waals surface area contributed by atoms with Crippen molar-refractivity contribution in [2.24, 2.45) is 16.3 Å². The van der Waals surface area contributed by atoms with Crippen molar-refractivity contribution in [2.45, 2.75) is 70.6 Å². The van der Waals surface area contributed by atoms with Gasteiger partial charge in [0.2, 0.25) is 5.91 Å². The Labute approximate surface area is 174 Å². The highest BCUT2D eigenvalue weighted by Gasteiger charge is 2.65. The molecule has 3 unspecified atom stereocenters. The van der Waals surface area contributed by atoms with Crippen molar-refractivity contribution in [1.29, 1.82) is 0 Å². The van der Waals surface area contributed by atoms with Gasteiger partial charge in [-0.1, -0.05) is 12.8 Å². The van der Waals surface area contributed by atoms with Crippen LogP contribution in [0.3, 0.4) is 0 Å². The first kappa shape index (κ1) is 21.7. The zero-order chi connectivity index (χ0) is 18.2. The quantitative estimate of drug-likeness (QED) is 0.372. The molecule has 1 heterocycles. The molecule has 1 spiro atoms. The van der Waals surface area contributed by atoms with Crippen molar-refractivity contribution >= 4 is 35.8 Å². The molecule has 2 N–H and O–H groups in total. The lowest BCUT2D eigenvalue weighted by molar-refractivity contribution is -0.126. The molecule has 0 aromatic rings. The maximum absolute atomic E-state index is 12.2. The lowest BCUT2D eigenvalue weighted by Gasteiger charge is -2.57. The second-order valence-corrected chi connectivity index (χ2v) is 9.01. The fraction of sp³-hybridized carbons (Fsp3) is 0.895. The van der Waals surface area contributed by atoms with E-state index in [2.05, 4.69) is 15.6 Å². The molecule has 3 fully saturated rings. The monoisotopic (exact) mass is 478 g/mol. The molecule has 3 atom stereocenters. The third kappa shape index (κ3) is 4.13. The van der Waals surface area contributed by atoms with Gasteiger partial charge in [-0.3, -0.25) is 9.79 Å². The van der Waals surface area contributed by atoms with Gasteiger partial charge in [0.1, 0.15) is 0 Å². The van der Waals surface area contributed by atoms with Gasteiger partial charge in [0.05, 0.1) is 12.6 Å². The third-order valence-electron chi connectivity index (χ3n) is 6.04. The van der Waals surface area contributed by atoms with E-state index >= 15 is 0 Å². The van der Waals surface area contributed by atoms with Gasteiger partial charge in [0, 0.05) is 43.6 Å². The lowest BCUT2D eigenvalue weighted by Crippen LogP contribution is -2.69. The Morgan fingerprint density at radius 3 is 2.54 bits per heavy atom.